The zero-order valence-corrected chi connectivity index (χ0v) is 15.2. The highest BCUT2D eigenvalue weighted by atomic mass is 32.1. The molecular formula is C19H25N3O2S. The molecule has 0 spiro atoms. The number of aromatic nitrogens is 1. The summed E-state index contributed by atoms with van der Waals surface area (Å²) in [5.74, 6) is -0.00514. The quantitative estimate of drug-likeness (QED) is 0.559. The van der Waals surface area contributed by atoms with Crippen LogP contribution in [0.5, 0.6) is 0 Å². The van der Waals surface area contributed by atoms with Gasteiger partial charge in [-0.05, 0) is 50.8 Å². The van der Waals surface area contributed by atoms with E-state index in [1.165, 1.54) is 11.3 Å². The van der Waals surface area contributed by atoms with Crippen molar-refractivity contribution < 1.29 is 9.59 Å². The second kappa shape index (κ2) is 8.54. The number of thiazole rings is 1. The van der Waals surface area contributed by atoms with E-state index in [-0.39, 0.29) is 17.6 Å². The minimum absolute atomic E-state index is 0.0182. The summed E-state index contributed by atoms with van der Waals surface area (Å²) in [6.45, 7) is 0.596. The van der Waals surface area contributed by atoms with Gasteiger partial charge in [0, 0.05) is 5.92 Å². The zero-order valence-electron chi connectivity index (χ0n) is 14.4. The third kappa shape index (κ3) is 4.44. The molecule has 0 saturated heterocycles. The van der Waals surface area contributed by atoms with E-state index >= 15 is 0 Å². The van der Waals surface area contributed by atoms with Crippen LogP contribution in [-0.2, 0) is 4.79 Å². The predicted molar refractivity (Wildman–Crippen MR) is 101 cm³/mol. The molecule has 3 rings (SSSR count). The second-order valence-corrected chi connectivity index (χ2v) is 7.71. The average Bonchev–Trinajstić information content (AvgIpc) is 3.29. The lowest BCUT2D eigenvalue weighted by molar-refractivity contribution is -0.125. The minimum atomic E-state index is -0.500. The van der Waals surface area contributed by atoms with Crippen LogP contribution in [0.1, 0.15) is 54.7 Å². The Bertz CT molecular complexity index is 704. The Labute approximate surface area is 152 Å². The third-order valence-corrected chi connectivity index (χ3v) is 5.86. The number of hydrogen-bond donors (Lipinski definition) is 2. The molecule has 1 aliphatic rings. The van der Waals surface area contributed by atoms with Crippen LogP contribution in [0.4, 0.5) is 0 Å². The van der Waals surface area contributed by atoms with Gasteiger partial charge >= 0.3 is 0 Å². The fourth-order valence-electron chi connectivity index (χ4n) is 3.37. The maximum absolute atomic E-state index is 13.0. The van der Waals surface area contributed by atoms with Crippen LogP contribution < -0.4 is 11.1 Å². The number of rotatable bonds is 8. The summed E-state index contributed by atoms with van der Waals surface area (Å²) < 4.78 is 0.994. The fraction of sp³-hybridized carbons (Fsp3) is 0.526. The maximum atomic E-state index is 13.0. The highest BCUT2D eigenvalue weighted by Crippen LogP contribution is 2.26. The van der Waals surface area contributed by atoms with Gasteiger partial charge in [0.1, 0.15) is 0 Å². The number of carbonyl (C=O) groups excluding carboxylic acids is 2. The largest absolute Gasteiger partial charge is 0.346 e. The normalized spacial score (nSPS) is 16.2. The van der Waals surface area contributed by atoms with E-state index in [1.54, 1.807) is 0 Å². The highest BCUT2D eigenvalue weighted by Gasteiger charge is 2.29. The molecule has 1 aromatic heterocycles. The Balaban J connectivity index is 1.74. The Hall–Kier alpha value is -1.79. The van der Waals surface area contributed by atoms with Crippen molar-refractivity contribution in [3.05, 3.63) is 29.3 Å². The molecule has 6 heteroatoms. The number of nitrogens with one attached hydrogen (secondary N) is 1. The van der Waals surface area contributed by atoms with Crippen molar-refractivity contribution in [3.63, 3.8) is 0 Å². The van der Waals surface area contributed by atoms with Crippen LogP contribution in [0.15, 0.2) is 24.3 Å². The molecule has 1 amide bonds. The number of Topliss-reactive ketones (excluding diaryl/α,β-unsaturated/α-hetero) is 1. The average molecular weight is 359 g/mol. The summed E-state index contributed by atoms with van der Waals surface area (Å²) in [4.78, 5) is 29.9. The van der Waals surface area contributed by atoms with E-state index < -0.39 is 6.04 Å². The molecule has 1 aromatic carbocycles. The Morgan fingerprint density at radius 3 is 2.72 bits per heavy atom. The third-order valence-electron chi connectivity index (χ3n) is 4.81. The van der Waals surface area contributed by atoms with Gasteiger partial charge in [0.25, 0.3) is 0 Å². The molecule has 1 aliphatic carbocycles. The van der Waals surface area contributed by atoms with Gasteiger partial charge in [0.15, 0.2) is 5.01 Å². The number of nitrogens with two attached hydrogens (primary N) is 1. The first-order chi connectivity index (χ1) is 12.2. The maximum Gasteiger partial charge on any atom is 0.223 e. The number of nitrogens with zero attached hydrogens (tertiary/aromatic N) is 1. The molecule has 134 valence electrons. The molecule has 5 nitrogen and oxygen atoms in total. The van der Waals surface area contributed by atoms with E-state index in [0.29, 0.717) is 18.0 Å². The minimum Gasteiger partial charge on any atom is -0.346 e. The summed E-state index contributed by atoms with van der Waals surface area (Å²) in [5, 5.41) is 3.48. The van der Waals surface area contributed by atoms with Crippen LogP contribution in [0.3, 0.4) is 0 Å². The Morgan fingerprint density at radius 1 is 1.24 bits per heavy atom. The van der Waals surface area contributed by atoms with Gasteiger partial charge in [0.05, 0.1) is 16.3 Å². The Kier molecular flexibility index (Phi) is 6.15. The smallest absolute Gasteiger partial charge is 0.223 e. The van der Waals surface area contributed by atoms with Crippen molar-refractivity contribution >= 4 is 33.2 Å². The van der Waals surface area contributed by atoms with Gasteiger partial charge < -0.3 is 11.1 Å². The second-order valence-electron chi connectivity index (χ2n) is 6.68. The number of amides is 1. The van der Waals surface area contributed by atoms with E-state index in [0.717, 1.165) is 48.7 Å². The van der Waals surface area contributed by atoms with Gasteiger partial charge in [-0.2, -0.15) is 0 Å². The van der Waals surface area contributed by atoms with E-state index in [1.807, 2.05) is 24.3 Å². The van der Waals surface area contributed by atoms with Crippen molar-refractivity contribution in [1.82, 2.24) is 10.3 Å². The number of hydrogen-bond acceptors (Lipinski definition) is 5. The molecule has 1 atom stereocenters. The topological polar surface area (TPSA) is 85.1 Å². The lowest BCUT2D eigenvalue weighted by Gasteiger charge is -2.19. The Morgan fingerprint density at radius 2 is 2.00 bits per heavy atom. The summed E-state index contributed by atoms with van der Waals surface area (Å²) in [6.07, 6.45) is 6.34. The SMILES string of the molecule is NCCCCC(NC(=O)C1CCCC1)C(=O)c1nc2ccccc2s1. The molecule has 0 bridgehead atoms. The molecule has 1 fully saturated rings. The summed E-state index contributed by atoms with van der Waals surface area (Å²) >= 11 is 1.40. The summed E-state index contributed by atoms with van der Waals surface area (Å²) in [5.41, 5.74) is 6.40. The molecule has 2 aromatic rings. The van der Waals surface area contributed by atoms with Crippen LogP contribution in [0.2, 0.25) is 0 Å². The van der Waals surface area contributed by atoms with Gasteiger partial charge in [-0.1, -0.05) is 25.0 Å². The first-order valence-corrected chi connectivity index (χ1v) is 9.91. The fourth-order valence-corrected chi connectivity index (χ4v) is 4.33. The van der Waals surface area contributed by atoms with Gasteiger partial charge in [-0.25, -0.2) is 4.98 Å². The van der Waals surface area contributed by atoms with E-state index in [2.05, 4.69) is 10.3 Å². The molecular weight excluding hydrogens is 334 g/mol. The number of benzene rings is 1. The standard InChI is InChI=1S/C19H25N3O2S/c20-12-6-5-10-15(21-18(24)13-7-1-2-8-13)17(23)19-22-14-9-3-4-11-16(14)25-19/h3-4,9,11,13,15H,1-2,5-8,10,12,20H2,(H,21,24). The lowest BCUT2D eigenvalue weighted by atomic mass is 10.0. The summed E-state index contributed by atoms with van der Waals surface area (Å²) in [6, 6.07) is 7.22. The van der Waals surface area contributed by atoms with Gasteiger partial charge in [-0.15, -0.1) is 11.3 Å². The van der Waals surface area contributed by atoms with Crippen molar-refractivity contribution in [2.75, 3.05) is 6.54 Å². The van der Waals surface area contributed by atoms with Crippen LogP contribution >= 0.6 is 11.3 Å². The van der Waals surface area contributed by atoms with Crippen molar-refractivity contribution in [2.24, 2.45) is 11.7 Å². The van der Waals surface area contributed by atoms with Crippen LogP contribution in [0, 0.1) is 5.92 Å². The van der Waals surface area contributed by atoms with Crippen molar-refractivity contribution in [3.8, 4) is 0 Å². The van der Waals surface area contributed by atoms with Crippen LogP contribution in [0.25, 0.3) is 10.2 Å². The monoisotopic (exact) mass is 359 g/mol. The lowest BCUT2D eigenvalue weighted by Crippen LogP contribution is -2.43. The number of unbranched alkanes of at least 4 members (excludes halogenated alkanes) is 1. The zero-order chi connectivity index (χ0) is 17.6. The molecule has 0 radical (unpaired) electrons. The molecule has 3 N–H and O–H groups in total. The van der Waals surface area contributed by atoms with Crippen LogP contribution in [-0.4, -0.2) is 29.3 Å². The van der Waals surface area contributed by atoms with Crippen molar-refractivity contribution in [1.29, 1.82) is 0 Å². The summed E-state index contributed by atoms with van der Waals surface area (Å²) in [7, 11) is 0. The molecule has 0 aliphatic heterocycles. The number of fused-ring (bicyclic) bond motifs is 1. The number of ketones is 1. The van der Waals surface area contributed by atoms with Gasteiger partial charge in [0.2, 0.25) is 11.7 Å². The first kappa shape index (κ1) is 18.0. The van der Waals surface area contributed by atoms with E-state index in [9.17, 15) is 9.59 Å². The molecule has 1 heterocycles. The first-order valence-electron chi connectivity index (χ1n) is 9.09. The number of carbonyl (C=O) groups is 2. The molecule has 25 heavy (non-hydrogen) atoms. The molecule has 1 unspecified atom stereocenters. The highest BCUT2D eigenvalue weighted by molar-refractivity contribution is 7.20. The molecule has 1 saturated carbocycles. The van der Waals surface area contributed by atoms with Crippen molar-refractivity contribution in [2.45, 2.75) is 51.0 Å². The van der Waals surface area contributed by atoms with E-state index in [4.69, 9.17) is 5.73 Å². The predicted octanol–water partition coefficient (Wildman–Crippen LogP) is 3.28. The number of para-hydroxylation sites is 1. The van der Waals surface area contributed by atoms with Gasteiger partial charge in [-0.3, -0.25) is 9.59 Å².